The van der Waals surface area contributed by atoms with Gasteiger partial charge in [0.15, 0.2) is 0 Å². The average molecular weight is 444 g/mol. The van der Waals surface area contributed by atoms with Gasteiger partial charge in [0, 0.05) is 46.4 Å². The van der Waals surface area contributed by atoms with E-state index in [0.717, 1.165) is 27.4 Å². The summed E-state index contributed by atoms with van der Waals surface area (Å²) in [5.74, 6) is -0.833. The summed E-state index contributed by atoms with van der Waals surface area (Å²) in [6.07, 6.45) is 2.93. The largest absolute Gasteiger partial charge is 0.389 e. The lowest BCUT2D eigenvalue weighted by Gasteiger charge is -2.13. The Morgan fingerprint density at radius 2 is 1.73 bits per heavy atom. The third-order valence-corrected chi connectivity index (χ3v) is 6.08. The summed E-state index contributed by atoms with van der Waals surface area (Å²) < 4.78 is 7.31. The molecule has 3 N–H and O–H groups in total. The van der Waals surface area contributed by atoms with Crippen molar-refractivity contribution in [2.75, 3.05) is 13.2 Å². The van der Waals surface area contributed by atoms with Crippen molar-refractivity contribution >= 4 is 44.8 Å². The summed E-state index contributed by atoms with van der Waals surface area (Å²) in [7, 11) is 0. The molecule has 7 heteroatoms. The number of H-pyrrole nitrogens is 1. The average Bonchev–Trinajstić information content (AvgIpc) is 3.46. The van der Waals surface area contributed by atoms with E-state index in [1.165, 1.54) is 0 Å². The lowest BCUT2D eigenvalue weighted by molar-refractivity contribution is -0.122. The maximum atomic E-state index is 13.0. The number of nitrogens with one attached hydrogen (secondary N) is 2. The van der Waals surface area contributed by atoms with Gasteiger partial charge >= 0.3 is 0 Å². The van der Waals surface area contributed by atoms with Crippen LogP contribution < -0.4 is 5.32 Å². The molecule has 3 heterocycles. The van der Waals surface area contributed by atoms with Crippen LogP contribution in [0.4, 0.5) is 0 Å². The molecule has 1 unspecified atom stereocenters. The van der Waals surface area contributed by atoms with Gasteiger partial charge in [-0.25, -0.2) is 0 Å². The van der Waals surface area contributed by atoms with Gasteiger partial charge in [-0.1, -0.05) is 36.4 Å². The van der Waals surface area contributed by atoms with E-state index in [9.17, 15) is 14.7 Å². The molecule has 2 amide bonds. The summed E-state index contributed by atoms with van der Waals surface area (Å²) >= 11 is 0. The van der Waals surface area contributed by atoms with Crippen LogP contribution in [0.1, 0.15) is 23.6 Å². The molecule has 0 saturated heterocycles. The van der Waals surface area contributed by atoms with Gasteiger partial charge in [-0.2, -0.15) is 0 Å². The molecule has 0 spiro atoms. The molecule has 2 aromatic heterocycles. The first kappa shape index (κ1) is 21.2. The van der Waals surface area contributed by atoms with Crippen molar-refractivity contribution in [2.45, 2.75) is 26.5 Å². The minimum Gasteiger partial charge on any atom is -0.389 e. The molecular weight excluding hydrogens is 418 g/mol. The highest BCUT2D eigenvalue weighted by Gasteiger charge is 2.35. The molecule has 4 aromatic rings. The van der Waals surface area contributed by atoms with Crippen LogP contribution in [0.15, 0.2) is 54.9 Å². The molecule has 2 aromatic carbocycles. The molecular formula is C26H25N3O4. The van der Waals surface area contributed by atoms with Gasteiger partial charge in [0.25, 0.3) is 11.8 Å². The van der Waals surface area contributed by atoms with Crippen LogP contribution in [-0.2, 0) is 20.9 Å². The van der Waals surface area contributed by atoms with E-state index in [2.05, 4.69) is 10.3 Å². The predicted molar refractivity (Wildman–Crippen MR) is 127 cm³/mol. The van der Waals surface area contributed by atoms with Crippen molar-refractivity contribution in [3.05, 3.63) is 71.5 Å². The number of ether oxygens (including phenoxy) is 1. The molecule has 0 saturated carbocycles. The van der Waals surface area contributed by atoms with Gasteiger partial charge in [0.2, 0.25) is 0 Å². The molecule has 33 heavy (non-hydrogen) atoms. The standard InChI is InChI=1S/C26H25N3O4/c1-3-33-14-16(30)12-29-13-20(18-9-6-7-15(2)24(18)29)23-22(25(31)28-26(23)32)19-11-27-21-10-5-4-8-17(19)21/h4-11,13,16,27,30H,3,12,14H2,1-2H3,(H,28,31,32). The molecule has 1 aliphatic rings. The second-order valence-electron chi connectivity index (χ2n) is 8.26. The van der Waals surface area contributed by atoms with Crippen molar-refractivity contribution in [2.24, 2.45) is 0 Å². The number of hydrogen-bond donors (Lipinski definition) is 3. The SMILES string of the molecule is CCOCC(O)Cn1cc(C2=C(c3c[nH]c4ccccc34)C(=O)NC2=O)c2cccc(C)c21. The maximum absolute atomic E-state index is 13.0. The van der Waals surface area contributed by atoms with Gasteiger partial charge in [-0.05, 0) is 25.5 Å². The third kappa shape index (κ3) is 3.55. The van der Waals surface area contributed by atoms with Crippen LogP contribution in [0.5, 0.6) is 0 Å². The number of aliphatic hydroxyl groups excluding tert-OH is 1. The Kier molecular flexibility index (Phi) is 5.36. The number of carbonyl (C=O) groups excluding carboxylic acids is 2. The number of carbonyl (C=O) groups is 2. The zero-order valence-corrected chi connectivity index (χ0v) is 18.5. The minimum atomic E-state index is -0.700. The maximum Gasteiger partial charge on any atom is 0.259 e. The Morgan fingerprint density at radius 1 is 1.00 bits per heavy atom. The van der Waals surface area contributed by atoms with E-state index in [1.807, 2.05) is 67.1 Å². The molecule has 0 aliphatic carbocycles. The van der Waals surface area contributed by atoms with Crippen molar-refractivity contribution in [3.63, 3.8) is 0 Å². The van der Waals surface area contributed by atoms with Crippen LogP contribution >= 0.6 is 0 Å². The number of imide groups is 1. The summed E-state index contributed by atoms with van der Waals surface area (Å²) in [6.45, 7) is 4.93. The van der Waals surface area contributed by atoms with E-state index in [-0.39, 0.29) is 6.61 Å². The topological polar surface area (TPSA) is 96.3 Å². The minimum absolute atomic E-state index is 0.222. The van der Waals surface area contributed by atoms with Gasteiger partial charge < -0.3 is 19.4 Å². The number of hydrogen-bond acceptors (Lipinski definition) is 4. The Hall–Kier alpha value is -3.68. The highest BCUT2D eigenvalue weighted by Crippen LogP contribution is 2.38. The fourth-order valence-corrected chi connectivity index (χ4v) is 4.67. The fraction of sp³-hybridized carbons (Fsp3) is 0.231. The summed E-state index contributed by atoms with van der Waals surface area (Å²) in [6, 6.07) is 13.6. The van der Waals surface area contributed by atoms with E-state index in [1.54, 1.807) is 6.20 Å². The van der Waals surface area contributed by atoms with Gasteiger partial charge in [-0.15, -0.1) is 0 Å². The number of aryl methyl sites for hydroxylation is 1. The Bertz CT molecular complexity index is 1430. The summed E-state index contributed by atoms with van der Waals surface area (Å²) in [5.41, 5.74) is 4.88. The fourth-order valence-electron chi connectivity index (χ4n) is 4.67. The number of amides is 2. The molecule has 168 valence electrons. The smallest absolute Gasteiger partial charge is 0.259 e. The van der Waals surface area contributed by atoms with Crippen molar-refractivity contribution < 1.29 is 19.4 Å². The molecule has 7 nitrogen and oxygen atoms in total. The van der Waals surface area contributed by atoms with E-state index in [4.69, 9.17) is 4.74 Å². The number of para-hydroxylation sites is 2. The Labute approximate surface area is 190 Å². The predicted octanol–water partition coefficient (Wildman–Crippen LogP) is 3.40. The first-order chi connectivity index (χ1) is 16.0. The van der Waals surface area contributed by atoms with Crippen LogP contribution in [0.2, 0.25) is 0 Å². The van der Waals surface area contributed by atoms with Crippen molar-refractivity contribution in [3.8, 4) is 0 Å². The van der Waals surface area contributed by atoms with E-state index in [0.29, 0.717) is 35.4 Å². The van der Waals surface area contributed by atoms with Crippen LogP contribution in [0.25, 0.3) is 33.0 Å². The van der Waals surface area contributed by atoms with Crippen molar-refractivity contribution in [1.82, 2.24) is 14.9 Å². The molecule has 0 bridgehead atoms. The number of fused-ring (bicyclic) bond motifs is 2. The quantitative estimate of drug-likeness (QED) is 0.382. The zero-order valence-electron chi connectivity index (χ0n) is 18.5. The lowest BCUT2D eigenvalue weighted by Crippen LogP contribution is -2.22. The molecule has 0 fully saturated rings. The second-order valence-corrected chi connectivity index (χ2v) is 8.26. The molecule has 1 atom stereocenters. The van der Waals surface area contributed by atoms with Gasteiger partial charge in [0.1, 0.15) is 0 Å². The highest BCUT2D eigenvalue weighted by molar-refractivity contribution is 6.50. The van der Waals surface area contributed by atoms with E-state index < -0.39 is 17.9 Å². The normalized spacial score (nSPS) is 15.1. The second kappa shape index (κ2) is 8.35. The number of aromatic nitrogens is 2. The number of aliphatic hydroxyl groups is 1. The van der Waals surface area contributed by atoms with Crippen LogP contribution in [0.3, 0.4) is 0 Å². The summed E-state index contributed by atoms with van der Waals surface area (Å²) in [4.78, 5) is 29.2. The lowest BCUT2D eigenvalue weighted by atomic mass is 9.95. The van der Waals surface area contributed by atoms with Crippen LogP contribution in [-0.4, -0.2) is 45.8 Å². The van der Waals surface area contributed by atoms with Crippen molar-refractivity contribution in [1.29, 1.82) is 0 Å². The van der Waals surface area contributed by atoms with Crippen LogP contribution in [0, 0.1) is 6.92 Å². The van der Waals surface area contributed by atoms with Gasteiger partial charge in [-0.3, -0.25) is 14.9 Å². The number of rotatable bonds is 7. The highest BCUT2D eigenvalue weighted by atomic mass is 16.5. The zero-order chi connectivity index (χ0) is 23.1. The first-order valence-electron chi connectivity index (χ1n) is 11.0. The first-order valence-corrected chi connectivity index (χ1v) is 11.0. The molecule has 5 rings (SSSR count). The van der Waals surface area contributed by atoms with Gasteiger partial charge in [0.05, 0.1) is 35.9 Å². The number of aromatic amines is 1. The van der Waals surface area contributed by atoms with E-state index >= 15 is 0 Å². The third-order valence-electron chi connectivity index (χ3n) is 6.08. The monoisotopic (exact) mass is 443 g/mol. The molecule has 1 aliphatic heterocycles. The molecule has 0 radical (unpaired) electrons. The Morgan fingerprint density at radius 3 is 2.52 bits per heavy atom. The Balaban J connectivity index is 1.72. The summed E-state index contributed by atoms with van der Waals surface area (Å²) in [5, 5.41) is 14.7. The number of nitrogens with zero attached hydrogens (tertiary/aromatic N) is 1. The number of benzene rings is 2.